The molecule has 0 radical (unpaired) electrons. The molecule has 2 aromatic rings. The van der Waals surface area contributed by atoms with Crippen molar-refractivity contribution >= 4 is 29.3 Å². The van der Waals surface area contributed by atoms with Gasteiger partial charge in [0.15, 0.2) is 16.4 Å². The molecule has 0 saturated carbocycles. The second-order valence-electron chi connectivity index (χ2n) is 8.89. The fourth-order valence-electron chi connectivity index (χ4n) is 4.25. The molecule has 0 spiro atoms. The van der Waals surface area contributed by atoms with Crippen molar-refractivity contribution in [2.24, 2.45) is 4.99 Å². The van der Waals surface area contributed by atoms with Crippen molar-refractivity contribution in [3.05, 3.63) is 52.6 Å². The number of benzene rings is 2. The summed E-state index contributed by atoms with van der Waals surface area (Å²) in [7, 11) is 1.69. The first kappa shape index (κ1) is 22.0. The summed E-state index contributed by atoms with van der Waals surface area (Å²) < 4.78 is 24.0. The highest BCUT2D eigenvalue weighted by Crippen LogP contribution is 2.47. The van der Waals surface area contributed by atoms with Crippen molar-refractivity contribution < 1.29 is 14.0 Å². The van der Waals surface area contributed by atoms with Crippen LogP contribution in [0.3, 0.4) is 0 Å². The predicted molar refractivity (Wildman–Crippen MR) is 121 cm³/mol. The van der Waals surface area contributed by atoms with Crippen molar-refractivity contribution in [2.75, 3.05) is 13.4 Å². The second kappa shape index (κ2) is 7.53. The first-order valence-electron chi connectivity index (χ1n) is 9.56. The van der Waals surface area contributed by atoms with Crippen LogP contribution in [0.15, 0.2) is 40.2 Å². The van der Waals surface area contributed by atoms with Gasteiger partial charge in [0.1, 0.15) is 11.9 Å². The van der Waals surface area contributed by atoms with Crippen molar-refractivity contribution in [3.8, 4) is 11.5 Å². The van der Waals surface area contributed by atoms with Gasteiger partial charge in [-0.15, -0.1) is 12.4 Å². The summed E-state index contributed by atoms with van der Waals surface area (Å²) in [4.78, 5) is 5.94. The normalized spacial score (nSPS) is 19.2. The first-order valence-corrected chi connectivity index (χ1v) is 11.1. The van der Waals surface area contributed by atoms with Gasteiger partial charge in [-0.3, -0.25) is 4.99 Å². The van der Waals surface area contributed by atoms with E-state index in [-0.39, 0.29) is 23.5 Å². The molecule has 0 amide bonds. The molecule has 1 unspecified atom stereocenters. The second-order valence-corrected chi connectivity index (χ2v) is 10.3. The van der Waals surface area contributed by atoms with E-state index in [1.165, 1.54) is 5.56 Å². The number of ether oxygens (including phenoxy) is 2. The van der Waals surface area contributed by atoms with E-state index in [4.69, 9.17) is 14.5 Å². The Kier molecular flexibility index (Phi) is 5.71. The Morgan fingerprint density at radius 3 is 2.52 bits per heavy atom. The van der Waals surface area contributed by atoms with Crippen molar-refractivity contribution in [1.29, 1.82) is 0 Å². The lowest BCUT2D eigenvalue weighted by Gasteiger charge is -2.31. The molecule has 0 N–H and O–H groups in total. The van der Waals surface area contributed by atoms with Gasteiger partial charge in [-0.05, 0) is 63.0 Å². The molecule has 2 aliphatic heterocycles. The van der Waals surface area contributed by atoms with Gasteiger partial charge in [-0.25, -0.2) is 0 Å². The Bertz CT molecular complexity index is 982. The van der Waals surface area contributed by atoms with Gasteiger partial charge in [0, 0.05) is 29.2 Å². The minimum atomic E-state index is -1.04. The molecule has 0 saturated heterocycles. The summed E-state index contributed by atoms with van der Waals surface area (Å²) >= 11 is -1.04. The van der Waals surface area contributed by atoms with E-state index in [0.717, 1.165) is 51.6 Å². The van der Waals surface area contributed by atoms with Crippen LogP contribution in [0.5, 0.6) is 11.5 Å². The van der Waals surface area contributed by atoms with Crippen LogP contribution in [0.4, 0.5) is 0 Å². The van der Waals surface area contributed by atoms with Crippen LogP contribution < -0.4 is 9.47 Å². The van der Waals surface area contributed by atoms with Gasteiger partial charge in [-0.2, -0.15) is 0 Å². The molecular formula is C23H28ClNO3S. The summed E-state index contributed by atoms with van der Waals surface area (Å²) in [5.41, 5.74) is 5.00. The molecular weight excluding hydrogens is 406 g/mol. The Hall–Kier alpha value is -1.69. The fourth-order valence-corrected chi connectivity index (χ4v) is 4.82. The van der Waals surface area contributed by atoms with Crippen molar-refractivity contribution in [1.82, 2.24) is 0 Å². The zero-order chi connectivity index (χ0) is 20.3. The molecule has 4 rings (SSSR count). The minimum absolute atomic E-state index is 0. The number of halogens is 1. The van der Waals surface area contributed by atoms with Crippen LogP contribution in [0, 0.1) is 0 Å². The average molecular weight is 434 g/mol. The van der Waals surface area contributed by atoms with Crippen LogP contribution in [0.2, 0.25) is 0 Å². The third-order valence-corrected chi connectivity index (χ3v) is 6.26. The smallest absolute Gasteiger partial charge is 0.166 e. The third-order valence-electron chi connectivity index (χ3n) is 5.34. The maximum Gasteiger partial charge on any atom is 0.166 e. The summed E-state index contributed by atoms with van der Waals surface area (Å²) in [6.45, 7) is 8.50. The highest BCUT2D eigenvalue weighted by atomic mass is 35.5. The van der Waals surface area contributed by atoms with E-state index in [1.807, 2.05) is 18.2 Å². The SMILES string of the molecule is COc1cc2c(c3c1OC(C)(C)C3)C(c1cccc([S+](C)[O-])c1)=NC(C)(C)C2.Cl. The summed E-state index contributed by atoms with van der Waals surface area (Å²) in [5.74, 6) is 1.62. The van der Waals surface area contributed by atoms with E-state index in [2.05, 4.69) is 39.8 Å². The molecule has 0 bridgehead atoms. The molecule has 2 aromatic carbocycles. The molecule has 0 aromatic heterocycles. The standard InChI is InChI=1S/C23H27NO3S.ClH/c1-22(2)12-15-11-18(26-5)21-17(13-23(3,4)27-21)19(15)20(24-22)14-8-7-9-16(10-14)28(6)25;/h7-11H,12-13H2,1-6H3;1H. The topological polar surface area (TPSA) is 53.9 Å². The number of aliphatic imine (C=N–C) groups is 1. The van der Waals surface area contributed by atoms with Gasteiger partial charge in [-0.1, -0.05) is 12.1 Å². The number of methoxy groups -OCH3 is 1. The summed E-state index contributed by atoms with van der Waals surface area (Å²) in [6, 6.07) is 10.0. The minimum Gasteiger partial charge on any atom is -0.612 e. The number of rotatable bonds is 3. The lowest BCUT2D eigenvalue weighted by atomic mass is 9.81. The highest BCUT2D eigenvalue weighted by Gasteiger charge is 2.39. The Labute approximate surface area is 182 Å². The fraction of sp³-hybridized carbons (Fsp3) is 0.435. The molecule has 0 fully saturated rings. The molecule has 2 heterocycles. The molecule has 2 aliphatic rings. The van der Waals surface area contributed by atoms with Crippen LogP contribution >= 0.6 is 12.4 Å². The molecule has 0 aliphatic carbocycles. The lowest BCUT2D eigenvalue weighted by Crippen LogP contribution is -2.30. The monoisotopic (exact) mass is 433 g/mol. The summed E-state index contributed by atoms with van der Waals surface area (Å²) in [5, 5.41) is 0. The van der Waals surface area contributed by atoms with E-state index >= 15 is 0 Å². The van der Waals surface area contributed by atoms with Crippen LogP contribution in [0.1, 0.15) is 49.9 Å². The zero-order valence-corrected chi connectivity index (χ0v) is 19.4. The maximum atomic E-state index is 12.0. The number of fused-ring (bicyclic) bond motifs is 3. The van der Waals surface area contributed by atoms with E-state index in [9.17, 15) is 4.55 Å². The number of hydrogen-bond acceptors (Lipinski definition) is 4. The molecule has 6 heteroatoms. The Balaban J connectivity index is 0.00000240. The largest absolute Gasteiger partial charge is 0.612 e. The molecule has 29 heavy (non-hydrogen) atoms. The van der Waals surface area contributed by atoms with E-state index in [0.29, 0.717) is 0 Å². The first-order chi connectivity index (χ1) is 13.1. The van der Waals surface area contributed by atoms with Gasteiger partial charge in [0.25, 0.3) is 0 Å². The molecule has 1 atom stereocenters. The van der Waals surface area contributed by atoms with Crippen LogP contribution in [-0.2, 0) is 24.0 Å². The lowest BCUT2D eigenvalue weighted by molar-refractivity contribution is 0.134. The number of hydrogen-bond donors (Lipinski definition) is 0. The predicted octanol–water partition coefficient (Wildman–Crippen LogP) is 4.74. The van der Waals surface area contributed by atoms with Gasteiger partial charge in [0.2, 0.25) is 0 Å². The van der Waals surface area contributed by atoms with Gasteiger partial charge < -0.3 is 14.0 Å². The van der Waals surface area contributed by atoms with Crippen molar-refractivity contribution in [3.63, 3.8) is 0 Å². The Morgan fingerprint density at radius 2 is 1.86 bits per heavy atom. The zero-order valence-electron chi connectivity index (χ0n) is 17.8. The highest BCUT2D eigenvalue weighted by molar-refractivity contribution is 7.90. The third kappa shape index (κ3) is 4.00. The average Bonchev–Trinajstić information content (AvgIpc) is 2.94. The van der Waals surface area contributed by atoms with Crippen molar-refractivity contribution in [2.45, 2.75) is 56.6 Å². The van der Waals surface area contributed by atoms with E-state index in [1.54, 1.807) is 13.4 Å². The maximum absolute atomic E-state index is 12.0. The summed E-state index contributed by atoms with van der Waals surface area (Å²) in [6.07, 6.45) is 3.36. The molecule has 156 valence electrons. The molecule has 4 nitrogen and oxygen atoms in total. The van der Waals surface area contributed by atoms with Gasteiger partial charge in [0.05, 0.1) is 18.4 Å². The quantitative estimate of drug-likeness (QED) is 0.657. The van der Waals surface area contributed by atoms with Crippen LogP contribution in [0.25, 0.3) is 0 Å². The van der Waals surface area contributed by atoms with Gasteiger partial charge >= 0.3 is 0 Å². The number of nitrogens with zero attached hydrogens (tertiary/aromatic N) is 1. The van der Waals surface area contributed by atoms with Crippen LogP contribution in [-0.4, -0.2) is 34.8 Å². The van der Waals surface area contributed by atoms with E-state index < -0.39 is 11.2 Å². The Morgan fingerprint density at radius 1 is 1.14 bits per heavy atom.